The van der Waals surface area contributed by atoms with Crippen molar-refractivity contribution in [1.29, 1.82) is 0 Å². The van der Waals surface area contributed by atoms with E-state index in [9.17, 15) is 19.3 Å². The topological polar surface area (TPSA) is 107 Å². The lowest BCUT2D eigenvalue weighted by Gasteiger charge is -2.54. The molecular formula is C27H47FNO4PS. The summed E-state index contributed by atoms with van der Waals surface area (Å²) in [4.78, 5) is 0. The number of fused-ring (bicyclic) bond motifs is 1. The summed E-state index contributed by atoms with van der Waals surface area (Å²) in [5.74, 6) is 0.0746. The van der Waals surface area contributed by atoms with Gasteiger partial charge in [-0.15, -0.1) is 0 Å². The summed E-state index contributed by atoms with van der Waals surface area (Å²) in [5, 5.41) is 20.3. The predicted octanol–water partition coefficient (Wildman–Crippen LogP) is 6.28. The summed E-state index contributed by atoms with van der Waals surface area (Å²) in [6.45, 7) is 13.3. The smallest absolute Gasteiger partial charge is 0.210 e. The first-order chi connectivity index (χ1) is 15.9. The normalized spacial score (nSPS) is 40.0. The molecule has 0 saturated heterocycles. The Morgan fingerprint density at radius 3 is 2.49 bits per heavy atom. The van der Waals surface area contributed by atoms with Gasteiger partial charge in [0, 0.05) is 18.4 Å². The highest BCUT2D eigenvalue weighted by Gasteiger charge is 2.60. The minimum absolute atomic E-state index is 0.0479. The number of alkyl halides is 1. The quantitative estimate of drug-likeness (QED) is 0.268. The number of halogens is 1. The molecule has 0 bridgehead atoms. The Labute approximate surface area is 215 Å². The van der Waals surface area contributed by atoms with Crippen LogP contribution in [0.25, 0.3) is 0 Å². The number of allylic oxidation sites excluding steroid dienone is 2. The molecule has 0 heterocycles. The first-order valence-electron chi connectivity index (χ1n) is 12.9. The van der Waals surface area contributed by atoms with E-state index in [1.807, 2.05) is 13.0 Å². The van der Waals surface area contributed by atoms with Gasteiger partial charge in [0.2, 0.25) is 4.74 Å². The van der Waals surface area contributed by atoms with E-state index in [1.165, 1.54) is 0 Å². The number of aliphatic hydroxyl groups excluding tert-OH is 2. The van der Waals surface area contributed by atoms with E-state index in [0.29, 0.717) is 18.4 Å². The van der Waals surface area contributed by atoms with Gasteiger partial charge in [0.15, 0.2) is 0 Å². The fourth-order valence-electron chi connectivity index (χ4n) is 6.93. The first kappa shape index (κ1) is 29.3. The van der Waals surface area contributed by atoms with E-state index in [1.54, 1.807) is 20.8 Å². The van der Waals surface area contributed by atoms with Crippen LogP contribution in [0.15, 0.2) is 35.5 Å². The van der Waals surface area contributed by atoms with Crippen LogP contribution in [0.3, 0.4) is 0 Å². The highest BCUT2D eigenvalue weighted by molar-refractivity contribution is 8.28. The van der Waals surface area contributed by atoms with Crippen molar-refractivity contribution in [1.82, 2.24) is 0 Å². The lowest BCUT2D eigenvalue weighted by molar-refractivity contribution is 0.0674. The zero-order valence-corrected chi connectivity index (χ0v) is 24.0. The van der Waals surface area contributed by atoms with Gasteiger partial charge >= 0.3 is 0 Å². The number of hydrogen-bond donors (Lipinski definition) is 5. The van der Waals surface area contributed by atoms with E-state index in [4.69, 9.17) is 5.73 Å². The van der Waals surface area contributed by atoms with Gasteiger partial charge in [-0.3, -0.25) is 9.11 Å². The Balaban J connectivity index is 1.86. The lowest BCUT2D eigenvalue weighted by atomic mass is 9.57. The number of nitrogens with two attached hydrogens (primary N) is 1. The largest absolute Gasteiger partial charge is 0.393 e. The van der Waals surface area contributed by atoms with Crippen LogP contribution in [0.4, 0.5) is 4.39 Å². The summed E-state index contributed by atoms with van der Waals surface area (Å²) in [5.41, 5.74) is 9.10. The van der Waals surface area contributed by atoms with Gasteiger partial charge in [-0.05, 0) is 93.3 Å². The van der Waals surface area contributed by atoms with Gasteiger partial charge in [0.25, 0.3) is 0 Å². The second kappa shape index (κ2) is 9.80. The summed E-state index contributed by atoms with van der Waals surface area (Å²) >= 11 is 0. The van der Waals surface area contributed by atoms with Gasteiger partial charge in [0.1, 0.15) is 0 Å². The number of rotatable bonds is 5. The van der Waals surface area contributed by atoms with E-state index in [0.717, 1.165) is 43.3 Å². The number of aliphatic hydroxyl groups is 2. The SMILES string of the molecule is C=C1/C(=C\C=C2/CCCC3(C)[C@@H]([C@H](C)CC(F)(P)S(O)(O)C(C)(C)C)CC[C@@]23N)CC(O)C[C@@H]1O. The van der Waals surface area contributed by atoms with Crippen molar-refractivity contribution in [3.05, 3.63) is 35.5 Å². The molecule has 5 nitrogen and oxygen atoms in total. The van der Waals surface area contributed by atoms with Crippen LogP contribution in [0.5, 0.6) is 0 Å². The second-order valence-corrected chi connectivity index (χ2v) is 16.9. The van der Waals surface area contributed by atoms with Crippen molar-refractivity contribution < 1.29 is 23.7 Å². The van der Waals surface area contributed by atoms with Crippen LogP contribution in [-0.2, 0) is 0 Å². The van der Waals surface area contributed by atoms with Crippen LogP contribution in [0.1, 0.15) is 86.0 Å². The Kier molecular flexibility index (Phi) is 8.20. The molecule has 8 heteroatoms. The van der Waals surface area contributed by atoms with Crippen LogP contribution in [0.2, 0.25) is 0 Å². The minimum Gasteiger partial charge on any atom is -0.393 e. The zero-order valence-electron chi connectivity index (χ0n) is 22.1. The third kappa shape index (κ3) is 5.08. The molecule has 3 aliphatic rings. The van der Waals surface area contributed by atoms with Crippen LogP contribution >= 0.6 is 19.8 Å². The van der Waals surface area contributed by atoms with E-state index in [2.05, 4.69) is 28.8 Å². The fourth-order valence-corrected chi connectivity index (χ4v) is 9.88. The molecule has 0 aromatic heterocycles. The first-order valence-corrected chi connectivity index (χ1v) is 15.0. The third-order valence-corrected chi connectivity index (χ3v) is 13.3. The average Bonchev–Trinajstić information content (AvgIpc) is 3.00. The summed E-state index contributed by atoms with van der Waals surface area (Å²) in [6, 6.07) is 0. The van der Waals surface area contributed by atoms with Crippen molar-refractivity contribution in [2.75, 3.05) is 0 Å². The van der Waals surface area contributed by atoms with Crippen molar-refractivity contribution in [3.8, 4) is 0 Å². The van der Waals surface area contributed by atoms with Gasteiger partial charge in [-0.1, -0.05) is 41.8 Å². The molecule has 0 radical (unpaired) electrons. The maximum Gasteiger partial charge on any atom is 0.210 e. The van der Waals surface area contributed by atoms with Gasteiger partial charge in [-0.25, -0.2) is 4.39 Å². The number of hydrogen-bond acceptors (Lipinski definition) is 5. The Bertz CT molecular complexity index is 898. The van der Waals surface area contributed by atoms with Gasteiger partial charge in [0.05, 0.1) is 17.0 Å². The predicted molar refractivity (Wildman–Crippen MR) is 148 cm³/mol. The Morgan fingerprint density at radius 1 is 1.26 bits per heavy atom. The highest BCUT2D eigenvalue weighted by Crippen LogP contribution is 2.69. The Morgan fingerprint density at radius 2 is 1.89 bits per heavy atom. The molecule has 202 valence electrons. The fraction of sp³-hybridized carbons (Fsp3) is 0.778. The van der Waals surface area contributed by atoms with Crippen LogP contribution < -0.4 is 5.73 Å². The summed E-state index contributed by atoms with van der Waals surface area (Å²) < 4.78 is 34.2. The average molecular weight is 532 g/mol. The van der Waals surface area contributed by atoms with Crippen molar-refractivity contribution in [2.45, 2.75) is 113 Å². The molecule has 3 aliphatic carbocycles. The highest BCUT2D eigenvalue weighted by atomic mass is 32.3. The molecular weight excluding hydrogens is 484 g/mol. The van der Waals surface area contributed by atoms with Gasteiger partial charge < -0.3 is 15.9 Å². The van der Waals surface area contributed by atoms with Gasteiger partial charge in [-0.2, -0.15) is 10.6 Å². The van der Waals surface area contributed by atoms with E-state index in [-0.39, 0.29) is 23.7 Å². The van der Waals surface area contributed by atoms with Crippen molar-refractivity contribution >= 4 is 19.8 Å². The monoisotopic (exact) mass is 531 g/mol. The molecule has 0 amide bonds. The molecule has 0 aliphatic heterocycles. The second-order valence-electron chi connectivity index (χ2n) is 12.5. The summed E-state index contributed by atoms with van der Waals surface area (Å²) in [7, 11) is -1.40. The third-order valence-electron chi connectivity index (χ3n) is 9.27. The molecule has 8 atom stereocenters. The molecule has 3 saturated carbocycles. The molecule has 4 unspecified atom stereocenters. The minimum atomic E-state index is -3.51. The Hall–Kier alpha value is -0.270. The molecule has 0 spiro atoms. The summed E-state index contributed by atoms with van der Waals surface area (Å²) in [6.07, 6.45) is 8.05. The molecule has 0 aromatic carbocycles. The van der Waals surface area contributed by atoms with Crippen molar-refractivity contribution in [3.63, 3.8) is 0 Å². The van der Waals surface area contributed by atoms with Crippen LogP contribution in [-0.4, -0.2) is 46.6 Å². The molecule has 3 rings (SSSR count). The zero-order chi connectivity index (χ0) is 26.6. The molecule has 35 heavy (non-hydrogen) atoms. The molecule has 0 aromatic rings. The molecule has 3 fully saturated rings. The maximum absolute atomic E-state index is 15.8. The van der Waals surface area contributed by atoms with Crippen molar-refractivity contribution in [2.24, 2.45) is 23.0 Å². The lowest BCUT2D eigenvalue weighted by Crippen LogP contribution is -2.56. The van der Waals surface area contributed by atoms with E-state index >= 15 is 4.39 Å². The maximum atomic E-state index is 15.8. The molecule has 6 N–H and O–H groups in total. The standard InChI is InChI=1S/C27H47FNO4PS/c1-17(16-27(28,34)35(32,33)24(3,4)5)22-11-13-26(29)20(8-7-12-25(22,26)6)10-9-19-14-21(30)15-23(31)18(19)2/h9-10,17,21-23,30-33H,2,7-8,11-16,29,34H2,1,3-6H3/b19-9-,20-10+/t17-,21?,22-,23+,25?,26-,27?/m1/s1. The van der Waals surface area contributed by atoms with Crippen LogP contribution in [0, 0.1) is 17.3 Å². The van der Waals surface area contributed by atoms with E-state index < -0.39 is 37.8 Å².